The molecule has 1 rings (SSSR count). The van der Waals surface area contributed by atoms with Gasteiger partial charge in [-0.25, -0.2) is 0 Å². The largest absolute Gasteiger partial charge is 0.375 e. The van der Waals surface area contributed by atoms with E-state index in [0.29, 0.717) is 6.04 Å². The molecule has 0 atom stereocenters. The first-order valence-electron chi connectivity index (χ1n) is 6.54. The third-order valence-corrected chi connectivity index (χ3v) is 3.45. The molecular weight excluding hydrogens is 202 g/mol. The smallest absolute Gasteiger partial charge is 0.246 e. The van der Waals surface area contributed by atoms with Gasteiger partial charge in [-0.1, -0.05) is 26.2 Å². The molecule has 0 aromatic rings. The number of hydrogen-bond acceptors (Lipinski definition) is 2. The molecule has 94 valence electrons. The van der Waals surface area contributed by atoms with Crippen molar-refractivity contribution in [1.82, 2.24) is 5.32 Å². The summed E-state index contributed by atoms with van der Waals surface area (Å²) >= 11 is 0. The van der Waals surface area contributed by atoms with Gasteiger partial charge in [-0.2, -0.15) is 0 Å². The van der Waals surface area contributed by atoms with Crippen LogP contribution in [0.1, 0.15) is 51.9 Å². The molecule has 1 aliphatic rings. The van der Waals surface area contributed by atoms with E-state index < -0.39 is 0 Å². The Bertz CT molecular complexity index is 198. The van der Waals surface area contributed by atoms with Gasteiger partial charge in [0.1, 0.15) is 6.61 Å². The Labute approximate surface area is 98.9 Å². The predicted octanol–water partition coefficient (Wildman–Crippen LogP) is 2.50. The Morgan fingerprint density at radius 3 is 2.56 bits per heavy atom. The van der Waals surface area contributed by atoms with Crippen molar-refractivity contribution >= 4 is 5.91 Å². The van der Waals surface area contributed by atoms with Crippen LogP contribution in [0.25, 0.3) is 0 Å². The maximum absolute atomic E-state index is 11.3. The second-order valence-corrected chi connectivity index (χ2v) is 4.86. The van der Waals surface area contributed by atoms with E-state index in [4.69, 9.17) is 4.74 Å². The first kappa shape index (κ1) is 13.5. The molecule has 16 heavy (non-hydrogen) atoms. The second kappa shape index (κ2) is 7.66. The molecule has 0 saturated heterocycles. The molecule has 0 spiro atoms. The van der Waals surface area contributed by atoms with Crippen LogP contribution in [-0.4, -0.2) is 25.7 Å². The number of unbranched alkanes of at least 4 members (excludes halogenated alkanes) is 1. The number of carbonyl (C=O) groups is 1. The molecule has 0 aliphatic heterocycles. The highest BCUT2D eigenvalue weighted by Gasteiger charge is 2.21. The Hall–Kier alpha value is -0.570. The highest BCUT2D eigenvalue weighted by atomic mass is 16.5. The molecule has 1 amide bonds. The van der Waals surface area contributed by atoms with E-state index in [9.17, 15) is 4.79 Å². The minimum Gasteiger partial charge on any atom is -0.375 e. The first-order chi connectivity index (χ1) is 7.76. The topological polar surface area (TPSA) is 38.3 Å². The summed E-state index contributed by atoms with van der Waals surface area (Å²) in [5.74, 6) is 0.926. The summed E-state index contributed by atoms with van der Waals surface area (Å²) in [6, 6.07) is 0.389. The molecule has 3 nitrogen and oxygen atoms in total. The molecule has 1 N–H and O–H groups in total. The zero-order valence-corrected chi connectivity index (χ0v) is 10.6. The van der Waals surface area contributed by atoms with Crippen molar-refractivity contribution in [2.75, 3.05) is 13.7 Å². The van der Waals surface area contributed by atoms with Gasteiger partial charge in [0, 0.05) is 13.2 Å². The van der Waals surface area contributed by atoms with Crippen LogP contribution in [0.4, 0.5) is 0 Å². The second-order valence-electron chi connectivity index (χ2n) is 4.86. The molecular formula is C13H25NO2. The molecule has 1 fully saturated rings. The van der Waals surface area contributed by atoms with Gasteiger partial charge in [0.05, 0.1) is 0 Å². The lowest BCUT2D eigenvalue weighted by atomic mass is 9.83. The number of methoxy groups -OCH3 is 1. The van der Waals surface area contributed by atoms with Crippen LogP contribution < -0.4 is 5.32 Å². The summed E-state index contributed by atoms with van der Waals surface area (Å²) in [6.45, 7) is 2.44. The van der Waals surface area contributed by atoms with Crippen LogP contribution in [0.3, 0.4) is 0 Å². The van der Waals surface area contributed by atoms with E-state index in [1.54, 1.807) is 7.11 Å². The fraction of sp³-hybridized carbons (Fsp3) is 0.923. The number of hydrogen-bond donors (Lipinski definition) is 1. The highest BCUT2D eigenvalue weighted by molar-refractivity contribution is 5.77. The van der Waals surface area contributed by atoms with Crippen LogP contribution >= 0.6 is 0 Å². The molecule has 1 aliphatic carbocycles. The third-order valence-electron chi connectivity index (χ3n) is 3.45. The summed E-state index contributed by atoms with van der Waals surface area (Å²) in [7, 11) is 1.56. The lowest BCUT2D eigenvalue weighted by Gasteiger charge is -2.29. The summed E-state index contributed by atoms with van der Waals surface area (Å²) in [4.78, 5) is 11.3. The molecule has 0 heterocycles. The fourth-order valence-electron chi connectivity index (χ4n) is 2.49. The molecule has 0 radical (unpaired) electrons. The number of amides is 1. The lowest BCUT2D eigenvalue weighted by Crippen LogP contribution is -2.39. The van der Waals surface area contributed by atoms with Crippen molar-refractivity contribution in [3.05, 3.63) is 0 Å². The summed E-state index contributed by atoms with van der Waals surface area (Å²) in [6.07, 6.45) is 8.86. The fourth-order valence-corrected chi connectivity index (χ4v) is 2.49. The number of rotatable bonds is 6. The van der Waals surface area contributed by atoms with E-state index in [-0.39, 0.29) is 12.5 Å². The first-order valence-corrected chi connectivity index (χ1v) is 6.54. The Morgan fingerprint density at radius 1 is 1.31 bits per heavy atom. The van der Waals surface area contributed by atoms with Crippen LogP contribution in [-0.2, 0) is 9.53 Å². The molecule has 0 aromatic carbocycles. The van der Waals surface area contributed by atoms with Crippen LogP contribution in [0, 0.1) is 5.92 Å². The van der Waals surface area contributed by atoms with E-state index in [2.05, 4.69) is 12.2 Å². The predicted molar refractivity (Wildman–Crippen MR) is 65.3 cm³/mol. The van der Waals surface area contributed by atoms with Gasteiger partial charge in [0.2, 0.25) is 5.91 Å². The number of nitrogens with one attached hydrogen (secondary N) is 1. The summed E-state index contributed by atoms with van der Waals surface area (Å²) in [5, 5.41) is 3.03. The van der Waals surface area contributed by atoms with Crippen molar-refractivity contribution in [2.45, 2.75) is 57.9 Å². The molecule has 0 unspecified atom stereocenters. The normalized spacial score (nSPS) is 25.4. The van der Waals surface area contributed by atoms with Crippen LogP contribution in [0.2, 0.25) is 0 Å². The molecule has 0 aromatic heterocycles. The maximum atomic E-state index is 11.3. The zero-order valence-electron chi connectivity index (χ0n) is 10.6. The van der Waals surface area contributed by atoms with Gasteiger partial charge in [-0.15, -0.1) is 0 Å². The number of carbonyl (C=O) groups excluding carboxylic acids is 1. The minimum atomic E-state index is 0.0273. The van der Waals surface area contributed by atoms with Crippen molar-refractivity contribution in [2.24, 2.45) is 5.92 Å². The average molecular weight is 227 g/mol. The minimum absolute atomic E-state index is 0.0273. The van der Waals surface area contributed by atoms with Crippen LogP contribution in [0.5, 0.6) is 0 Å². The Morgan fingerprint density at radius 2 is 2.00 bits per heavy atom. The SMILES string of the molecule is CCCCC1CCC(NC(=O)COC)CC1. The maximum Gasteiger partial charge on any atom is 0.246 e. The monoisotopic (exact) mass is 227 g/mol. The number of ether oxygens (including phenoxy) is 1. The van der Waals surface area contributed by atoms with E-state index in [1.165, 1.54) is 32.1 Å². The molecule has 0 bridgehead atoms. The van der Waals surface area contributed by atoms with Crippen molar-refractivity contribution in [3.63, 3.8) is 0 Å². The van der Waals surface area contributed by atoms with Crippen LogP contribution in [0.15, 0.2) is 0 Å². The Kier molecular flexibility index (Phi) is 6.46. The van der Waals surface area contributed by atoms with Gasteiger partial charge in [0.25, 0.3) is 0 Å². The van der Waals surface area contributed by atoms with Gasteiger partial charge in [-0.3, -0.25) is 4.79 Å². The molecule has 3 heteroatoms. The lowest BCUT2D eigenvalue weighted by molar-refractivity contribution is -0.125. The molecule has 1 saturated carbocycles. The van der Waals surface area contributed by atoms with Gasteiger partial charge in [-0.05, 0) is 31.6 Å². The Balaban J connectivity index is 2.14. The zero-order chi connectivity index (χ0) is 11.8. The standard InChI is InChI=1S/C13H25NO2/c1-3-4-5-11-6-8-12(9-7-11)14-13(15)10-16-2/h11-12H,3-10H2,1-2H3,(H,14,15). The van der Waals surface area contributed by atoms with Gasteiger partial charge >= 0.3 is 0 Å². The summed E-state index contributed by atoms with van der Waals surface area (Å²) < 4.78 is 4.81. The van der Waals surface area contributed by atoms with E-state index in [0.717, 1.165) is 18.8 Å². The van der Waals surface area contributed by atoms with Gasteiger partial charge < -0.3 is 10.1 Å². The van der Waals surface area contributed by atoms with E-state index in [1.807, 2.05) is 0 Å². The van der Waals surface area contributed by atoms with Crippen molar-refractivity contribution in [1.29, 1.82) is 0 Å². The highest BCUT2D eigenvalue weighted by Crippen LogP contribution is 2.28. The quantitative estimate of drug-likeness (QED) is 0.757. The van der Waals surface area contributed by atoms with Crippen molar-refractivity contribution in [3.8, 4) is 0 Å². The van der Waals surface area contributed by atoms with E-state index >= 15 is 0 Å². The third kappa shape index (κ3) is 4.97. The average Bonchev–Trinajstić information content (AvgIpc) is 2.28. The summed E-state index contributed by atoms with van der Waals surface area (Å²) in [5.41, 5.74) is 0. The van der Waals surface area contributed by atoms with Gasteiger partial charge in [0.15, 0.2) is 0 Å². The van der Waals surface area contributed by atoms with Crippen molar-refractivity contribution < 1.29 is 9.53 Å².